The van der Waals surface area contributed by atoms with E-state index in [0.29, 0.717) is 19.3 Å². The molecule has 0 aliphatic heterocycles. The Balaban J connectivity index is 2.54. The number of hydrogen-bond donors (Lipinski definition) is 1. The molecule has 1 aliphatic carbocycles. The van der Waals surface area contributed by atoms with Crippen molar-refractivity contribution in [2.75, 3.05) is 13.6 Å². The summed E-state index contributed by atoms with van der Waals surface area (Å²) in [5.41, 5.74) is 0. The molecule has 4 nitrogen and oxygen atoms in total. The van der Waals surface area contributed by atoms with Crippen molar-refractivity contribution in [1.82, 2.24) is 4.90 Å². The van der Waals surface area contributed by atoms with Crippen molar-refractivity contribution < 1.29 is 23.5 Å². The van der Waals surface area contributed by atoms with E-state index in [1.807, 2.05) is 0 Å². The Bertz CT molecular complexity index is 296. The number of hydrogen-bond acceptors (Lipinski definition) is 2. The smallest absolute Gasteiger partial charge is 0.306 e. The van der Waals surface area contributed by atoms with Gasteiger partial charge in [0.05, 0.1) is 12.5 Å². The number of halogens is 2. The van der Waals surface area contributed by atoms with Crippen LogP contribution >= 0.6 is 0 Å². The van der Waals surface area contributed by atoms with Crippen molar-refractivity contribution in [2.45, 2.75) is 32.1 Å². The minimum Gasteiger partial charge on any atom is -0.481 e. The molecule has 1 rings (SSSR count). The summed E-state index contributed by atoms with van der Waals surface area (Å²) < 4.78 is 24.3. The lowest BCUT2D eigenvalue weighted by Gasteiger charge is -2.29. The van der Waals surface area contributed by atoms with Gasteiger partial charge in [-0.15, -0.1) is 0 Å². The molecule has 0 radical (unpaired) electrons. The first-order valence-corrected chi connectivity index (χ1v) is 5.67. The molecule has 0 spiro atoms. The molecule has 0 bridgehead atoms. The lowest BCUT2D eigenvalue weighted by Crippen LogP contribution is -2.39. The maximum atomic E-state index is 12.1. The third kappa shape index (κ3) is 3.94. The van der Waals surface area contributed by atoms with Crippen LogP contribution in [0.4, 0.5) is 8.78 Å². The summed E-state index contributed by atoms with van der Waals surface area (Å²) in [5.74, 6) is -2.21. The summed E-state index contributed by atoms with van der Waals surface area (Å²) >= 11 is 0. The Labute approximate surface area is 98.6 Å². The van der Waals surface area contributed by atoms with E-state index in [1.54, 1.807) is 0 Å². The van der Waals surface area contributed by atoms with Gasteiger partial charge in [-0.05, 0) is 19.3 Å². The van der Waals surface area contributed by atoms with Gasteiger partial charge < -0.3 is 10.0 Å². The van der Waals surface area contributed by atoms with Crippen LogP contribution in [0.2, 0.25) is 0 Å². The number of carbonyl (C=O) groups excluding carboxylic acids is 1. The molecule has 1 saturated carbocycles. The van der Waals surface area contributed by atoms with E-state index in [1.165, 1.54) is 7.05 Å². The first-order valence-electron chi connectivity index (χ1n) is 5.67. The lowest BCUT2D eigenvalue weighted by molar-refractivity contribution is -0.145. The topological polar surface area (TPSA) is 57.6 Å². The van der Waals surface area contributed by atoms with Crippen molar-refractivity contribution in [1.29, 1.82) is 0 Å². The molecule has 17 heavy (non-hydrogen) atoms. The maximum absolute atomic E-state index is 12.1. The summed E-state index contributed by atoms with van der Waals surface area (Å²) in [6.45, 7) is -0.590. The number of aliphatic carboxylic acids is 1. The second kappa shape index (κ2) is 5.93. The zero-order valence-electron chi connectivity index (χ0n) is 9.73. The lowest BCUT2D eigenvalue weighted by atomic mass is 9.81. The van der Waals surface area contributed by atoms with E-state index >= 15 is 0 Å². The van der Waals surface area contributed by atoms with Gasteiger partial charge in [0.2, 0.25) is 5.91 Å². The van der Waals surface area contributed by atoms with Gasteiger partial charge in [0.1, 0.15) is 0 Å². The Morgan fingerprint density at radius 2 is 1.94 bits per heavy atom. The van der Waals surface area contributed by atoms with Gasteiger partial charge >= 0.3 is 5.97 Å². The van der Waals surface area contributed by atoms with E-state index < -0.39 is 30.8 Å². The predicted octanol–water partition coefficient (Wildman–Crippen LogP) is 1.60. The molecular formula is C11H17F2NO3. The van der Waals surface area contributed by atoms with Crippen molar-refractivity contribution in [2.24, 2.45) is 11.8 Å². The Hall–Kier alpha value is -1.20. The first kappa shape index (κ1) is 13.9. The van der Waals surface area contributed by atoms with Gasteiger partial charge in [0.25, 0.3) is 6.43 Å². The summed E-state index contributed by atoms with van der Waals surface area (Å²) in [4.78, 5) is 23.6. The molecule has 1 fully saturated rings. The molecular weight excluding hydrogens is 232 g/mol. The van der Waals surface area contributed by atoms with Crippen molar-refractivity contribution >= 4 is 11.9 Å². The van der Waals surface area contributed by atoms with Crippen LogP contribution in [0.5, 0.6) is 0 Å². The highest BCUT2D eigenvalue weighted by Crippen LogP contribution is 2.30. The Morgan fingerprint density at radius 1 is 1.35 bits per heavy atom. The number of alkyl halides is 2. The summed E-state index contributed by atoms with van der Waals surface area (Å²) in [6.07, 6.45) is -0.464. The van der Waals surface area contributed by atoms with Gasteiger partial charge in [-0.25, -0.2) is 8.78 Å². The molecule has 0 aromatic rings. The molecule has 0 aromatic heterocycles. The zero-order chi connectivity index (χ0) is 13.0. The van der Waals surface area contributed by atoms with Gasteiger partial charge in [-0.2, -0.15) is 0 Å². The molecule has 98 valence electrons. The normalized spacial score (nSPS) is 24.7. The summed E-state index contributed by atoms with van der Waals surface area (Å²) in [7, 11) is 1.33. The SMILES string of the molecule is CN(CC(F)F)C(=O)C1CCCC(C(=O)O)C1. The van der Waals surface area contributed by atoms with Crippen molar-refractivity contribution in [3.63, 3.8) is 0 Å². The molecule has 0 saturated heterocycles. The second-order valence-electron chi connectivity index (χ2n) is 4.51. The number of carbonyl (C=O) groups is 2. The van der Waals surface area contributed by atoms with Crippen molar-refractivity contribution in [3.05, 3.63) is 0 Å². The van der Waals surface area contributed by atoms with Crippen LogP contribution in [0.3, 0.4) is 0 Å². The van der Waals surface area contributed by atoms with E-state index in [-0.39, 0.29) is 12.3 Å². The monoisotopic (exact) mass is 249 g/mol. The molecule has 2 atom stereocenters. The van der Waals surface area contributed by atoms with Gasteiger partial charge in [0.15, 0.2) is 0 Å². The van der Waals surface area contributed by atoms with Gasteiger partial charge in [-0.3, -0.25) is 9.59 Å². The largest absolute Gasteiger partial charge is 0.481 e. The molecule has 2 unspecified atom stereocenters. The standard InChI is InChI=1S/C11H17F2NO3/c1-14(6-9(12)13)10(15)7-3-2-4-8(5-7)11(16)17/h7-9H,2-6H2,1H3,(H,16,17). The zero-order valence-corrected chi connectivity index (χ0v) is 9.73. The molecule has 0 heterocycles. The highest BCUT2D eigenvalue weighted by atomic mass is 19.3. The number of carboxylic acid groups (broad SMARTS) is 1. The van der Waals surface area contributed by atoms with Crippen LogP contribution < -0.4 is 0 Å². The number of rotatable bonds is 4. The van der Waals surface area contributed by atoms with Gasteiger partial charge in [-0.1, -0.05) is 6.42 Å². The summed E-state index contributed by atoms with van der Waals surface area (Å²) in [5, 5.41) is 8.88. The third-order valence-electron chi connectivity index (χ3n) is 3.16. The molecule has 1 aliphatic rings. The maximum Gasteiger partial charge on any atom is 0.306 e. The van der Waals surface area contributed by atoms with Crippen LogP contribution in [0.15, 0.2) is 0 Å². The molecule has 1 N–H and O–H groups in total. The number of nitrogens with zero attached hydrogens (tertiary/aromatic N) is 1. The highest BCUT2D eigenvalue weighted by Gasteiger charge is 2.32. The number of carboxylic acids is 1. The highest BCUT2D eigenvalue weighted by molar-refractivity contribution is 5.80. The molecule has 1 amide bonds. The van der Waals surface area contributed by atoms with E-state index in [0.717, 1.165) is 4.90 Å². The molecule has 0 aromatic carbocycles. The van der Waals surface area contributed by atoms with E-state index in [9.17, 15) is 18.4 Å². The predicted molar refractivity (Wildman–Crippen MR) is 56.7 cm³/mol. The summed E-state index contributed by atoms with van der Waals surface area (Å²) in [6, 6.07) is 0. The quantitative estimate of drug-likeness (QED) is 0.823. The Kier molecular flexibility index (Phi) is 4.84. The minimum absolute atomic E-state index is 0.266. The van der Waals surface area contributed by atoms with Crippen LogP contribution in [0.25, 0.3) is 0 Å². The van der Waals surface area contributed by atoms with E-state index in [2.05, 4.69) is 0 Å². The third-order valence-corrected chi connectivity index (χ3v) is 3.16. The van der Waals surface area contributed by atoms with Gasteiger partial charge in [0, 0.05) is 13.0 Å². The Morgan fingerprint density at radius 3 is 2.47 bits per heavy atom. The van der Waals surface area contributed by atoms with E-state index in [4.69, 9.17) is 5.11 Å². The van der Waals surface area contributed by atoms with Crippen LogP contribution in [-0.4, -0.2) is 41.9 Å². The second-order valence-corrected chi connectivity index (χ2v) is 4.51. The van der Waals surface area contributed by atoms with Crippen molar-refractivity contribution in [3.8, 4) is 0 Å². The van der Waals surface area contributed by atoms with Crippen LogP contribution in [0.1, 0.15) is 25.7 Å². The minimum atomic E-state index is -2.55. The number of amides is 1. The fourth-order valence-corrected chi connectivity index (χ4v) is 2.25. The fraction of sp³-hybridized carbons (Fsp3) is 0.818. The molecule has 6 heteroatoms. The fourth-order valence-electron chi connectivity index (χ4n) is 2.25. The van der Waals surface area contributed by atoms with Crippen LogP contribution in [-0.2, 0) is 9.59 Å². The first-order chi connectivity index (χ1) is 7.91. The average molecular weight is 249 g/mol. The van der Waals surface area contributed by atoms with Crippen LogP contribution in [0, 0.1) is 11.8 Å². The average Bonchev–Trinajstić information content (AvgIpc) is 2.27.